The van der Waals surface area contributed by atoms with Gasteiger partial charge in [-0.2, -0.15) is 0 Å². The Morgan fingerprint density at radius 3 is 2.25 bits per heavy atom. The second-order valence-corrected chi connectivity index (χ2v) is 3.52. The van der Waals surface area contributed by atoms with Crippen molar-refractivity contribution in [2.45, 2.75) is 37.8 Å². The van der Waals surface area contributed by atoms with Crippen LogP contribution in [0.5, 0.6) is 0 Å². The van der Waals surface area contributed by atoms with Crippen LogP contribution in [0, 0.1) is 0 Å². The molecule has 0 spiro atoms. The molecule has 0 aliphatic carbocycles. The van der Waals surface area contributed by atoms with E-state index in [1.54, 1.807) is 0 Å². The molecule has 0 aromatic carbocycles. The van der Waals surface area contributed by atoms with Gasteiger partial charge in [-0.1, -0.05) is 0 Å². The third-order valence-electron chi connectivity index (χ3n) is 2.77. The third-order valence-corrected chi connectivity index (χ3v) is 2.77. The first-order valence-electron chi connectivity index (χ1n) is 4.21. The summed E-state index contributed by atoms with van der Waals surface area (Å²) in [4.78, 5) is 23.3. The van der Waals surface area contributed by atoms with Crippen LogP contribution in [0.3, 0.4) is 0 Å². The number of amides is 1. The highest BCUT2D eigenvalue weighted by Crippen LogP contribution is 2.33. The van der Waals surface area contributed by atoms with Gasteiger partial charge in [-0.15, -0.1) is 0 Å². The Morgan fingerprint density at radius 1 is 1.33 bits per heavy atom. The first-order valence-corrected chi connectivity index (χ1v) is 4.21. The lowest BCUT2D eigenvalue weighted by molar-refractivity contribution is -0.122. The zero-order chi connectivity index (χ0) is 8.72. The Kier molecular flexibility index (Phi) is 1.56. The lowest BCUT2D eigenvalue weighted by Gasteiger charge is -2.31. The number of hydrogen-bond acceptors (Lipinski definition) is 2. The fraction of sp³-hybridized carbons (Fsp3) is 0.750. The summed E-state index contributed by atoms with van der Waals surface area (Å²) in [5.41, 5.74) is 0. The van der Waals surface area contributed by atoms with Gasteiger partial charge < -0.3 is 10.0 Å². The van der Waals surface area contributed by atoms with Crippen molar-refractivity contribution in [3.63, 3.8) is 0 Å². The second kappa shape index (κ2) is 2.47. The molecule has 2 fully saturated rings. The monoisotopic (exact) mass is 169 g/mol. The quantitative estimate of drug-likeness (QED) is 0.585. The molecule has 4 nitrogen and oxygen atoms in total. The van der Waals surface area contributed by atoms with E-state index in [9.17, 15) is 9.59 Å². The van der Waals surface area contributed by atoms with Gasteiger partial charge in [0, 0.05) is 24.9 Å². The van der Waals surface area contributed by atoms with Gasteiger partial charge in [-0.05, 0) is 12.8 Å². The van der Waals surface area contributed by atoms with Crippen LogP contribution in [0.2, 0.25) is 0 Å². The second-order valence-electron chi connectivity index (χ2n) is 3.52. The zero-order valence-corrected chi connectivity index (χ0v) is 6.69. The summed E-state index contributed by atoms with van der Waals surface area (Å²) in [6.45, 7) is 0. The first-order chi connectivity index (χ1) is 5.68. The molecule has 0 aromatic heterocycles. The lowest BCUT2D eigenvalue weighted by Crippen LogP contribution is -2.46. The number of ketones is 1. The molecule has 1 amide bonds. The van der Waals surface area contributed by atoms with Crippen LogP contribution in [0.15, 0.2) is 0 Å². The number of fused-ring (bicyclic) bond motifs is 2. The van der Waals surface area contributed by atoms with Crippen LogP contribution in [0.1, 0.15) is 25.7 Å². The van der Waals surface area contributed by atoms with Gasteiger partial charge in [0.1, 0.15) is 5.78 Å². The Morgan fingerprint density at radius 2 is 1.83 bits per heavy atom. The highest BCUT2D eigenvalue weighted by molar-refractivity contribution is 5.83. The number of carboxylic acid groups (broad SMARTS) is 1. The molecule has 2 rings (SSSR count). The van der Waals surface area contributed by atoms with Crippen molar-refractivity contribution in [3.8, 4) is 0 Å². The molecule has 2 atom stereocenters. The van der Waals surface area contributed by atoms with Crippen molar-refractivity contribution in [2.75, 3.05) is 0 Å². The van der Waals surface area contributed by atoms with E-state index in [0.29, 0.717) is 12.8 Å². The fourth-order valence-electron chi connectivity index (χ4n) is 2.28. The Balaban J connectivity index is 2.19. The predicted octanol–water partition coefficient (Wildman–Crippen LogP) is 0.860. The highest BCUT2D eigenvalue weighted by Gasteiger charge is 2.42. The lowest BCUT2D eigenvalue weighted by atomic mass is 10.0. The topological polar surface area (TPSA) is 57.6 Å². The maximum Gasteiger partial charge on any atom is 0.407 e. The number of hydrogen-bond donors (Lipinski definition) is 1. The van der Waals surface area contributed by atoms with Crippen LogP contribution < -0.4 is 0 Å². The van der Waals surface area contributed by atoms with Crippen molar-refractivity contribution in [3.05, 3.63) is 0 Å². The van der Waals surface area contributed by atoms with Crippen molar-refractivity contribution in [1.82, 2.24) is 4.90 Å². The van der Waals surface area contributed by atoms with Gasteiger partial charge >= 0.3 is 6.09 Å². The van der Waals surface area contributed by atoms with Crippen LogP contribution in [0.25, 0.3) is 0 Å². The van der Waals surface area contributed by atoms with Crippen LogP contribution >= 0.6 is 0 Å². The van der Waals surface area contributed by atoms with Gasteiger partial charge in [0.15, 0.2) is 0 Å². The molecular formula is C8H11NO3. The molecule has 2 bridgehead atoms. The number of carbonyl (C=O) groups excluding carboxylic acids is 1. The summed E-state index contributed by atoms with van der Waals surface area (Å²) in [5, 5.41) is 8.82. The molecule has 2 heterocycles. The SMILES string of the molecule is O=C1C[C@H]2CC[C@H](C1)N2C(=O)O. The third kappa shape index (κ3) is 0.983. The normalized spacial score (nSPS) is 34.0. The summed E-state index contributed by atoms with van der Waals surface area (Å²) in [6, 6.07) is -0.0394. The fourth-order valence-corrected chi connectivity index (χ4v) is 2.28. The summed E-state index contributed by atoms with van der Waals surface area (Å²) < 4.78 is 0. The minimum Gasteiger partial charge on any atom is -0.465 e. The summed E-state index contributed by atoms with van der Waals surface area (Å²) in [7, 11) is 0. The van der Waals surface area contributed by atoms with E-state index in [2.05, 4.69) is 0 Å². The number of piperidine rings is 1. The van der Waals surface area contributed by atoms with E-state index in [1.807, 2.05) is 0 Å². The zero-order valence-electron chi connectivity index (χ0n) is 6.69. The Hall–Kier alpha value is -1.06. The predicted molar refractivity (Wildman–Crippen MR) is 40.9 cm³/mol. The highest BCUT2D eigenvalue weighted by atomic mass is 16.4. The van der Waals surface area contributed by atoms with Crippen molar-refractivity contribution < 1.29 is 14.7 Å². The number of carbonyl (C=O) groups is 2. The summed E-state index contributed by atoms with van der Waals surface area (Å²) in [5.74, 6) is 0.222. The maximum absolute atomic E-state index is 11.1. The van der Waals surface area contributed by atoms with Gasteiger partial charge in [-0.25, -0.2) is 4.79 Å². The van der Waals surface area contributed by atoms with Crippen LogP contribution in [0.4, 0.5) is 4.79 Å². The molecule has 0 unspecified atom stereocenters. The average Bonchev–Trinajstić information content (AvgIpc) is 2.24. The minimum absolute atomic E-state index is 0.0197. The summed E-state index contributed by atoms with van der Waals surface area (Å²) >= 11 is 0. The molecule has 66 valence electrons. The molecule has 12 heavy (non-hydrogen) atoms. The van der Waals surface area contributed by atoms with Gasteiger partial charge in [0.05, 0.1) is 0 Å². The molecule has 2 aliphatic heterocycles. The molecule has 0 radical (unpaired) electrons. The Bertz CT molecular complexity index is 222. The molecule has 1 N–H and O–H groups in total. The number of rotatable bonds is 0. The average molecular weight is 169 g/mol. The van der Waals surface area contributed by atoms with Crippen molar-refractivity contribution in [2.24, 2.45) is 0 Å². The van der Waals surface area contributed by atoms with E-state index in [0.717, 1.165) is 12.8 Å². The number of Topliss-reactive ketones (excluding diaryl/α,β-unsaturated/α-hetero) is 1. The smallest absolute Gasteiger partial charge is 0.407 e. The van der Waals surface area contributed by atoms with Crippen LogP contribution in [-0.2, 0) is 4.79 Å². The number of nitrogens with zero attached hydrogens (tertiary/aromatic N) is 1. The standard InChI is InChI=1S/C8H11NO3/c10-7-3-5-1-2-6(4-7)9(5)8(11)12/h5-6H,1-4H2,(H,11,12)/t5-,6-/m1/s1. The van der Waals surface area contributed by atoms with Crippen LogP contribution in [-0.4, -0.2) is 34.0 Å². The molecule has 0 saturated carbocycles. The van der Waals surface area contributed by atoms with E-state index in [4.69, 9.17) is 5.11 Å². The molecule has 4 heteroatoms. The first kappa shape index (κ1) is 7.58. The molecule has 2 aliphatic rings. The van der Waals surface area contributed by atoms with Gasteiger partial charge in [0.2, 0.25) is 0 Å². The summed E-state index contributed by atoms with van der Waals surface area (Å²) in [6.07, 6.45) is 1.73. The van der Waals surface area contributed by atoms with E-state index in [1.165, 1.54) is 4.90 Å². The van der Waals surface area contributed by atoms with E-state index in [-0.39, 0.29) is 17.9 Å². The minimum atomic E-state index is -0.866. The Labute approximate surface area is 70.2 Å². The van der Waals surface area contributed by atoms with E-state index >= 15 is 0 Å². The molecule has 0 aromatic rings. The molecular weight excluding hydrogens is 158 g/mol. The van der Waals surface area contributed by atoms with Crippen molar-refractivity contribution in [1.29, 1.82) is 0 Å². The largest absolute Gasteiger partial charge is 0.465 e. The molecule has 2 saturated heterocycles. The van der Waals surface area contributed by atoms with Gasteiger partial charge in [0.25, 0.3) is 0 Å². The van der Waals surface area contributed by atoms with E-state index < -0.39 is 6.09 Å². The van der Waals surface area contributed by atoms with Gasteiger partial charge in [-0.3, -0.25) is 4.79 Å². The maximum atomic E-state index is 11.1. The van der Waals surface area contributed by atoms with Crippen molar-refractivity contribution >= 4 is 11.9 Å².